The molecule has 0 aromatic rings. The van der Waals surface area contributed by atoms with Gasteiger partial charge in [0.25, 0.3) is 0 Å². The third kappa shape index (κ3) is 75.3. The standard InChI is InChI=1S/2C3H8O.CH4/c2*1-2-3-4;/h2*4H,2-3H2,1H3;1H4. The fourth-order valence-corrected chi connectivity index (χ4v) is 0. The molecule has 60 valence electrons. The Bertz CT molecular complexity index is 14.9. The van der Waals surface area contributed by atoms with Crippen LogP contribution in [-0.4, -0.2) is 23.4 Å². The van der Waals surface area contributed by atoms with Crippen molar-refractivity contribution in [2.45, 2.75) is 34.1 Å². The molecule has 0 aliphatic carbocycles. The quantitative estimate of drug-likeness (QED) is 0.602. The molecule has 0 heterocycles. The Hall–Kier alpha value is -0.0800. The van der Waals surface area contributed by atoms with Gasteiger partial charge in [-0.05, 0) is 12.8 Å². The molecule has 9 heavy (non-hydrogen) atoms. The Morgan fingerprint density at radius 2 is 1.00 bits per heavy atom. The molecule has 0 aliphatic rings. The lowest BCUT2D eigenvalue weighted by atomic mass is 10.5. The SMILES string of the molecule is C.CCCO.CCCO. The van der Waals surface area contributed by atoms with Gasteiger partial charge in [0.2, 0.25) is 0 Å². The Morgan fingerprint density at radius 1 is 0.889 bits per heavy atom. The maximum absolute atomic E-state index is 7.88. The summed E-state index contributed by atoms with van der Waals surface area (Å²) in [7, 11) is 0. The number of hydrogen-bond acceptors (Lipinski definition) is 2. The first-order valence-electron chi connectivity index (χ1n) is 3.05. The van der Waals surface area contributed by atoms with E-state index < -0.39 is 0 Å². The van der Waals surface area contributed by atoms with Gasteiger partial charge in [0.1, 0.15) is 0 Å². The van der Waals surface area contributed by atoms with Crippen molar-refractivity contribution in [2.24, 2.45) is 0 Å². The van der Waals surface area contributed by atoms with Crippen molar-refractivity contribution in [3.05, 3.63) is 0 Å². The normalized spacial score (nSPS) is 6.67. The maximum atomic E-state index is 7.88. The molecule has 0 aliphatic heterocycles. The van der Waals surface area contributed by atoms with Crippen LogP contribution in [0.2, 0.25) is 0 Å². The molecule has 0 atom stereocenters. The van der Waals surface area contributed by atoms with Crippen molar-refractivity contribution >= 4 is 0 Å². The van der Waals surface area contributed by atoms with Gasteiger partial charge in [0.15, 0.2) is 0 Å². The minimum atomic E-state index is 0. The van der Waals surface area contributed by atoms with E-state index in [-0.39, 0.29) is 7.43 Å². The van der Waals surface area contributed by atoms with Crippen molar-refractivity contribution in [1.29, 1.82) is 0 Å². The largest absolute Gasteiger partial charge is 0.396 e. The second kappa shape index (κ2) is 24.7. The first-order chi connectivity index (χ1) is 3.83. The molecule has 0 amide bonds. The minimum absolute atomic E-state index is 0. The Kier molecular flexibility index (Phi) is 43.8. The number of aliphatic hydroxyl groups is 2. The average Bonchev–Trinajstić information content (AvgIpc) is 1.88. The Morgan fingerprint density at radius 3 is 1.00 bits per heavy atom. The molecule has 0 bridgehead atoms. The lowest BCUT2D eigenvalue weighted by molar-refractivity contribution is 0.294. The fourth-order valence-electron chi connectivity index (χ4n) is 0. The van der Waals surface area contributed by atoms with Crippen molar-refractivity contribution < 1.29 is 10.2 Å². The van der Waals surface area contributed by atoms with Gasteiger partial charge in [-0.15, -0.1) is 0 Å². The molecule has 0 saturated heterocycles. The molecule has 0 fully saturated rings. The zero-order valence-electron chi connectivity index (χ0n) is 5.72. The van der Waals surface area contributed by atoms with Crippen LogP contribution in [0.5, 0.6) is 0 Å². The van der Waals surface area contributed by atoms with Crippen molar-refractivity contribution in [2.75, 3.05) is 13.2 Å². The lowest BCUT2D eigenvalue weighted by Crippen LogP contribution is -1.69. The highest BCUT2D eigenvalue weighted by Crippen LogP contribution is 1.61. The Labute approximate surface area is 58.5 Å². The van der Waals surface area contributed by atoms with E-state index in [1.54, 1.807) is 0 Å². The molecule has 0 spiro atoms. The molecule has 2 nitrogen and oxygen atoms in total. The second-order valence-electron chi connectivity index (χ2n) is 1.45. The first kappa shape index (κ1) is 16.0. The third-order valence-electron chi connectivity index (χ3n) is 0.447. The first-order valence-corrected chi connectivity index (χ1v) is 3.05. The van der Waals surface area contributed by atoms with Gasteiger partial charge in [-0.2, -0.15) is 0 Å². The molecule has 0 saturated carbocycles. The Balaban J connectivity index is -0.0000000720. The van der Waals surface area contributed by atoms with Crippen LogP contribution in [0.25, 0.3) is 0 Å². The summed E-state index contributed by atoms with van der Waals surface area (Å²) in [5, 5.41) is 15.8. The summed E-state index contributed by atoms with van der Waals surface area (Å²) in [6.45, 7) is 4.50. The van der Waals surface area contributed by atoms with Crippen LogP contribution in [0.3, 0.4) is 0 Å². The highest BCUT2D eigenvalue weighted by atomic mass is 16.3. The van der Waals surface area contributed by atoms with E-state index in [0.717, 1.165) is 12.8 Å². The summed E-state index contributed by atoms with van der Waals surface area (Å²) < 4.78 is 0. The van der Waals surface area contributed by atoms with Gasteiger partial charge in [-0.1, -0.05) is 21.3 Å². The summed E-state index contributed by atoms with van der Waals surface area (Å²) in [6, 6.07) is 0. The molecule has 2 heteroatoms. The van der Waals surface area contributed by atoms with Crippen LogP contribution in [0.1, 0.15) is 34.1 Å². The van der Waals surface area contributed by atoms with Crippen molar-refractivity contribution in [1.82, 2.24) is 0 Å². The molecule has 0 aromatic carbocycles. The summed E-state index contributed by atoms with van der Waals surface area (Å²) in [5.74, 6) is 0. The predicted octanol–water partition coefficient (Wildman–Crippen LogP) is 1.41. The van der Waals surface area contributed by atoms with Crippen LogP contribution < -0.4 is 0 Å². The molecule has 0 aromatic heterocycles. The second-order valence-corrected chi connectivity index (χ2v) is 1.45. The topological polar surface area (TPSA) is 40.5 Å². The fraction of sp³-hybridized carbons (Fsp3) is 1.00. The van der Waals surface area contributed by atoms with Crippen LogP contribution in [0.4, 0.5) is 0 Å². The van der Waals surface area contributed by atoms with Gasteiger partial charge in [0, 0.05) is 13.2 Å². The molecular formula is C7H20O2. The monoisotopic (exact) mass is 136 g/mol. The van der Waals surface area contributed by atoms with E-state index in [1.807, 2.05) is 13.8 Å². The summed E-state index contributed by atoms with van der Waals surface area (Å²) in [6.07, 6.45) is 1.75. The number of hydrogen-bond donors (Lipinski definition) is 2. The maximum Gasteiger partial charge on any atom is 0.0428 e. The number of aliphatic hydroxyl groups excluding tert-OH is 2. The van der Waals surface area contributed by atoms with Crippen LogP contribution >= 0.6 is 0 Å². The van der Waals surface area contributed by atoms with Crippen molar-refractivity contribution in [3.63, 3.8) is 0 Å². The molecular weight excluding hydrogens is 116 g/mol. The molecule has 0 rings (SSSR count). The molecule has 0 unspecified atom stereocenters. The molecule has 0 radical (unpaired) electrons. The summed E-state index contributed by atoms with van der Waals surface area (Å²) in [5.41, 5.74) is 0. The van der Waals surface area contributed by atoms with Crippen LogP contribution in [0.15, 0.2) is 0 Å². The number of rotatable bonds is 2. The summed E-state index contributed by atoms with van der Waals surface area (Å²) >= 11 is 0. The summed E-state index contributed by atoms with van der Waals surface area (Å²) in [4.78, 5) is 0. The molecule has 2 N–H and O–H groups in total. The predicted molar refractivity (Wildman–Crippen MR) is 41.5 cm³/mol. The minimum Gasteiger partial charge on any atom is -0.396 e. The van der Waals surface area contributed by atoms with Gasteiger partial charge in [-0.25, -0.2) is 0 Å². The van der Waals surface area contributed by atoms with E-state index in [0.29, 0.717) is 13.2 Å². The van der Waals surface area contributed by atoms with Crippen LogP contribution in [-0.2, 0) is 0 Å². The highest BCUT2D eigenvalue weighted by molar-refractivity contribution is 4.10. The van der Waals surface area contributed by atoms with Gasteiger partial charge in [0.05, 0.1) is 0 Å². The zero-order valence-corrected chi connectivity index (χ0v) is 5.72. The van der Waals surface area contributed by atoms with Gasteiger partial charge < -0.3 is 10.2 Å². The van der Waals surface area contributed by atoms with E-state index in [9.17, 15) is 0 Å². The van der Waals surface area contributed by atoms with Crippen molar-refractivity contribution in [3.8, 4) is 0 Å². The van der Waals surface area contributed by atoms with E-state index in [2.05, 4.69) is 0 Å². The van der Waals surface area contributed by atoms with E-state index in [4.69, 9.17) is 10.2 Å². The third-order valence-corrected chi connectivity index (χ3v) is 0.447. The average molecular weight is 136 g/mol. The van der Waals surface area contributed by atoms with Gasteiger partial charge >= 0.3 is 0 Å². The van der Waals surface area contributed by atoms with E-state index >= 15 is 0 Å². The highest BCUT2D eigenvalue weighted by Gasteiger charge is 1.57. The zero-order chi connectivity index (χ0) is 6.83. The van der Waals surface area contributed by atoms with Gasteiger partial charge in [-0.3, -0.25) is 0 Å². The smallest absolute Gasteiger partial charge is 0.0428 e. The van der Waals surface area contributed by atoms with Crippen LogP contribution in [0, 0.1) is 0 Å². The lowest BCUT2D eigenvalue weighted by Gasteiger charge is -1.69. The van der Waals surface area contributed by atoms with E-state index in [1.165, 1.54) is 0 Å².